The van der Waals surface area contributed by atoms with Crippen molar-refractivity contribution in [1.82, 2.24) is 0 Å². The average molecular weight is 442 g/mol. The summed E-state index contributed by atoms with van der Waals surface area (Å²) in [5.41, 5.74) is 2.73. The smallest absolute Gasteiger partial charge is 0.200 e. The molecule has 1 heterocycles. The van der Waals surface area contributed by atoms with Crippen LogP contribution in [0.3, 0.4) is 0 Å². The molecule has 5 heteroatoms. The quantitative estimate of drug-likeness (QED) is 0.365. The molecule has 0 atom stereocenters. The van der Waals surface area contributed by atoms with Gasteiger partial charge >= 0.3 is 0 Å². The van der Waals surface area contributed by atoms with Crippen LogP contribution in [0.5, 0.6) is 5.75 Å². The van der Waals surface area contributed by atoms with Crippen LogP contribution in [-0.4, -0.2) is 0 Å². The minimum absolute atomic E-state index is 0.0695. The third-order valence-corrected chi connectivity index (χ3v) is 4.96. The lowest BCUT2D eigenvalue weighted by molar-refractivity contribution is 0.306. The van der Waals surface area contributed by atoms with Crippen molar-refractivity contribution in [2.45, 2.75) is 6.61 Å². The Hall–Kier alpha value is -2.56. The second-order valence-corrected chi connectivity index (χ2v) is 7.41. The van der Waals surface area contributed by atoms with Crippen molar-refractivity contribution in [3.63, 3.8) is 0 Å². The Kier molecular flexibility index (Phi) is 5.01. The van der Waals surface area contributed by atoms with Gasteiger partial charge in [0.25, 0.3) is 0 Å². The van der Waals surface area contributed by atoms with E-state index < -0.39 is 0 Å². The molecule has 0 aliphatic heterocycles. The fourth-order valence-corrected chi connectivity index (χ4v) is 3.30. The zero-order valence-electron chi connectivity index (χ0n) is 14.1. The van der Waals surface area contributed by atoms with Crippen LogP contribution < -0.4 is 10.2 Å². The van der Waals surface area contributed by atoms with Crippen LogP contribution in [0.15, 0.2) is 86.7 Å². The fraction of sp³-hybridized carbons (Fsp3) is 0.0455. The van der Waals surface area contributed by atoms with Gasteiger partial charge in [0.1, 0.15) is 24.2 Å². The molecular formula is C22H14BrClO3. The van der Waals surface area contributed by atoms with Gasteiger partial charge in [-0.15, -0.1) is 0 Å². The third-order valence-electron chi connectivity index (χ3n) is 4.20. The van der Waals surface area contributed by atoms with E-state index in [1.807, 2.05) is 48.5 Å². The zero-order chi connectivity index (χ0) is 18.8. The summed E-state index contributed by atoms with van der Waals surface area (Å²) >= 11 is 9.39. The minimum Gasteiger partial charge on any atom is -0.489 e. The number of hydrogen-bond acceptors (Lipinski definition) is 3. The van der Waals surface area contributed by atoms with Crippen molar-refractivity contribution in [2.75, 3.05) is 0 Å². The molecule has 0 aliphatic rings. The molecule has 1 aromatic heterocycles. The molecule has 4 aromatic rings. The van der Waals surface area contributed by atoms with E-state index >= 15 is 0 Å². The van der Waals surface area contributed by atoms with Gasteiger partial charge in [-0.05, 0) is 47.5 Å². The predicted octanol–water partition coefficient (Wildman–Crippen LogP) is 6.45. The summed E-state index contributed by atoms with van der Waals surface area (Å²) in [5.74, 6) is 0.627. The summed E-state index contributed by atoms with van der Waals surface area (Å²) in [6.07, 6.45) is 1.49. The van der Waals surface area contributed by atoms with Gasteiger partial charge in [0.2, 0.25) is 0 Å². The number of hydrogen-bond donors (Lipinski definition) is 0. The normalized spacial score (nSPS) is 10.9. The number of ether oxygens (including phenoxy) is 1. The average Bonchev–Trinajstić information content (AvgIpc) is 2.68. The molecule has 0 radical (unpaired) electrons. The molecule has 0 unspecified atom stereocenters. The lowest BCUT2D eigenvalue weighted by Crippen LogP contribution is -2.05. The van der Waals surface area contributed by atoms with Crippen molar-refractivity contribution in [1.29, 1.82) is 0 Å². The molecule has 0 fully saturated rings. The number of halogens is 2. The zero-order valence-corrected chi connectivity index (χ0v) is 16.5. The third kappa shape index (κ3) is 3.92. The van der Waals surface area contributed by atoms with Gasteiger partial charge < -0.3 is 9.15 Å². The van der Waals surface area contributed by atoms with Crippen LogP contribution in [-0.2, 0) is 6.61 Å². The van der Waals surface area contributed by atoms with Crippen molar-refractivity contribution in [3.05, 3.63) is 98.3 Å². The number of rotatable bonds is 4. The number of benzene rings is 3. The van der Waals surface area contributed by atoms with Crippen LogP contribution in [0, 0.1) is 0 Å². The summed E-state index contributed by atoms with van der Waals surface area (Å²) in [6.45, 7) is 0.382. The first-order chi connectivity index (χ1) is 13.1. The Balaban J connectivity index is 1.62. The highest BCUT2D eigenvalue weighted by atomic mass is 79.9. The first-order valence-corrected chi connectivity index (χ1v) is 9.46. The van der Waals surface area contributed by atoms with Gasteiger partial charge in [0.15, 0.2) is 5.43 Å². The molecule has 3 nitrogen and oxygen atoms in total. The van der Waals surface area contributed by atoms with E-state index in [1.165, 1.54) is 6.26 Å². The summed E-state index contributed by atoms with van der Waals surface area (Å²) in [4.78, 5) is 12.8. The molecule has 27 heavy (non-hydrogen) atoms. The standard InChI is InChI=1S/C22H14BrClO3/c23-16-6-4-15(5-7-16)20-13-27-21-11-18(8-9-19(21)22(20)25)26-12-14-2-1-3-17(24)10-14/h1-11,13H,12H2. The van der Waals surface area contributed by atoms with Crippen LogP contribution in [0.2, 0.25) is 5.02 Å². The number of fused-ring (bicyclic) bond motifs is 1. The molecule has 0 saturated carbocycles. The molecule has 134 valence electrons. The Morgan fingerprint density at radius 2 is 1.81 bits per heavy atom. The molecule has 0 aliphatic carbocycles. The van der Waals surface area contributed by atoms with Gasteiger partial charge in [0.05, 0.1) is 10.9 Å². The maximum Gasteiger partial charge on any atom is 0.200 e. The Morgan fingerprint density at radius 1 is 1.00 bits per heavy atom. The van der Waals surface area contributed by atoms with Gasteiger partial charge in [-0.25, -0.2) is 0 Å². The van der Waals surface area contributed by atoms with Crippen LogP contribution >= 0.6 is 27.5 Å². The summed E-state index contributed by atoms with van der Waals surface area (Å²) in [5, 5.41) is 1.19. The Morgan fingerprint density at radius 3 is 2.59 bits per heavy atom. The van der Waals surface area contributed by atoms with Crippen molar-refractivity contribution < 1.29 is 9.15 Å². The summed E-state index contributed by atoms with van der Waals surface area (Å²) < 4.78 is 12.5. The van der Waals surface area contributed by atoms with E-state index in [4.69, 9.17) is 20.8 Å². The van der Waals surface area contributed by atoms with Crippen LogP contribution in [0.1, 0.15) is 5.56 Å². The van der Waals surface area contributed by atoms with E-state index in [1.54, 1.807) is 18.2 Å². The minimum atomic E-state index is -0.0695. The van der Waals surface area contributed by atoms with E-state index in [2.05, 4.69) is 15.9 Å². The van der Waals surface area contributed by atoms with Crippen molar-refractivity contribution in [2.24, 2.45) is 0 Å². The molecule has 4 rings (SSSR count). The summed E-state index contributed by atoms with van der Waals surface area (Å²) in [7, 11) is 0. The van der Waals surface area contributed by atoms with Gasteiger partial charge in [-0.3, -0.25) is 4.79 Å². The Bertz CT molecular complexity index is 1170. The van der Waals surface area contributed by atoms with Crippen molar-refractivity contribution >= 4 is 38.5 Å². The lowest BCUT2D eigenvalue weighted by atomic mass is 10.1. The topological polar surface area (TPSA) is 39.4 Å². The highest BCUT2D eigenvalue weighted by Gasteiger charge is 2.10. The molecule has 0 N–H and O–H groups in total. The highest BCUT2D eigenvalue weighted by Crippen LogP contribution is 2.25. The van der Waals surface area contributed by atoms with E-state index in [9.17, 15) is 4.79 Å². The molecule has 0 bridgehead atoms. The first-order valence-electron chi connectivity index (χ1n) is 8.29. The first kappa shape index (κ1) is 17.8. The van der Waals surface area contributed by atoms with Crippen LogP contribution in [0.4, 0.5) is 0 Å². The van der Waals surface area contributed by atoms with Crippen LogP contribution in [0.25, 0.3) is 22.1 Å². The second-order valence-electron chi connectivity index (χ2n) is 6.06. The van der Waals surface area contributed by atoms with E-state index in [0.29, 0.717) is 33.9 Å². The molecule has 3 aromatic carbocycles. The predicted molar refractivity (Wildman–Crippen MR) is 111 cm³/mol. The molecular weight excluding hydrogens is 428 g/mol. The molecule has 0 saturated heterocycles. The fourth-order valence-electron chi connectivity index (χ4n) is 2.82. The van der Waals surface area contributed by atoms with Gasteiger partial charge in [-0.1, -0.05) is 51.8 Å². The molecule has 0 amide bonds. The highest BCUT2D eigenvalue weighted by molar-refractivity contribution is 9.10. The van der Waals surface area contributed by atoms with Gasteiger partial charge in [-0.2, -0.15) is 0 Å². The Labute approximate surface area is 169 Å². The summed E-state index contributed by atoms with van der Waals surface area (Å²) in [6, 6.07) is 20.3. The second kappa shape index (κ2) is 7.59. The maximum absolute atomic E-state index is 12.8. The van der Waals surface area contributed by atoms with Gasteiger partial charge in [0, 0.05) is 15.6 Å². The largest absolute Gasteiger partial charge is 0.489 e. The molecule has 0 spiro atoms. The van der Waals surface area contributed by atoms with E-state index in [0.717, 1.165) is 15.6 Å². The van der Waals surface area contributed by atoms with E-state index in [-0.39, 0.29) is 5.43 Å². The monoisotopic (exact) mass is 440 g/mol. The maximum atomic E-state index is 12.8. The SMILES string of the molecule is O=c1c(-c2ccc(Br)cc2)coc2cc(OCc3cccc(Cl)c3)ccc12. The lowest BCUT2D eigenvalue weighted by Gasteiger charge is -2.08. The van der Waals surface area contributed by atoms with Crippen molar-refractivity contribution in [3.8, 4) is 16.9 Å².